The molecule has 0 saturated heterocycles. The Bertz CT molecular complexity index is 503. The van der Waals surface area contributed by atoms with Crippen LogP contribution >= 0.6 is 0 Å². The van der Waals surface area contributed by atoms with E-state index in [1.54, 1.807) is 17.1 Å². The van der Waals surface area contributed by atoms with Gasteiger partial charge in [-0.05, 0) is 18.6 Å². The van der Waals surface area contributed by atoms with Crippen LogP contribution in [0.5, 0.6) is 0 Å². The van der Waals surface area contributed by atoms with Gasteiger partial charge in [-0.3, -0.25) is 4.68 Å². The SMILES string of the molecule is Cc1cnc(N)c(C(N)c2cnn(C)c2)c1. The second-order valence-corrected chi connectivity index (χ2v) is 3.91. The Kier molecular flexibility index (Phi) is 2.62. The third kappa shape index (κ3) is 1.90. The summed E-state index contributed by atoms with van der Waals surface area (Å²) in [5, 5.41) is 4.09. The van der Waals surface area contributed by atoms with Gasteiger partial charge in [0.1, 0.15) is 5.82 Å². The van der Waals surface area contributed by atoms with E-state index in [0.717, 1.165) is 16.7 Å². The number of nitrogens with zero attached hydrogens (tertiary/aromatic N) is 3. The maximum absolute atomic E-state index is 6.13. The molecule has 0 spiro atoms. The summed E-state index contributed by atoms with van der Waals surface area (Å²) < 4.78 is 1.72. The smallest absolute Gasteiger partial charge is 0.128 e. The van der Waals surface area contributed by atoms with Gasteiger partial charge in [-0.1, -0.05) is 0 Å². The van der Waals surface area contributed by atoms with Crippen LogP contribution in [0.2, 0.25) is 0 Å². The third-order valence-electron chi connectivity index (χ3n) is 2.51. The molecule has 0 aliphatic rings. The zero-order chi connectivity index (χ0) is 11.7. The number of aromatic nitrogens is 3. The number of nitrogens with two attached hydrogens (primary N) is 2. The van der Waals surface area contributed by atoms with Crippen LogP contribution in [0.15, 0.2) is 24.7 Å². The van der Waals surface area contributed by atoms with E-state index in [1.807, 2.05) is 26.2 Å². The lowest BCUT2D eigenvalue weighted by molar-refractivity contribution is 0.765. The molecule has 5 nitrogen and oxygen atoms in total. The number of anilines is 1. The molecule has 4 N–H and O–H groups in total. The highest BCUT2D eigenvalue weighted by atomic mass is 15.2. The molecule has 2 heterocycles. The lowest BCUT2D eigenvalue weighted by Crippen LogP contribution is -2.14. The molecule has 5 heteroatoms. The summed E-state index contributed by atoms with van der Waals surface area (Å²) in [7, 11) is 1.86. The summed E-state index contributed by atoms with van der Waals surface area (Å²) in [6.07, 6.45) is 5.35. The van der Waals surface area contributed by atoms with E-state index in [9.17, 15) is 0 Å². The summed E-state index contributed by atoms with van der Waals surface area (Å²) in [6, 6.07) is 1.68. The lowest BCUT2D eigenvalue weighted by atomic mass is 10.0. The second kappa shape index (κ2) is 3.94. The van der Waals surface area contributed by atoms with Crippen molar-refractivity contribution in [3.05, 3.63) is 41.3 Å². The van der Waals surface area contributed by atoms with Crippen LogP contribution in [0.1, 0.15) is 22.7 Å². The van der Waals surface area contributed by atoms with Crippen LogP contribution in [0.4, 0.5) is 5.82 Å². The molecular formula is C11H15N5. The van der Waals surface area contributed by atoms with Crippen molar-refractivity contribution in [3.8, 4) is 0 Å². The Labute approximate surface area is 94.1 Å². The van der Waals surface area contributed by atoms with Crippen molar-refractivity contribution in [1.29, 1.82) is 0 Å². The van der Waals surface area contributed by atoms with E-state index in [4.69, 9.17) is 11.5 Å². The average Bonchev–Trinajstić information content (AvgIpc) is 2.67. The lowest BCUT2D eigenvalue weighted by Gasteiger charge is -2.12. The zero-order valence-electron chi connectivity index (χ0n) is 9.38. The van der Waals surface area contributed by atoms with Gasteiger partial charge in [0.2, 0.25) is 0 Å². The average molecular weight is 217 g/mol. The van der Waals surface area contributed by atoms with Gasteiger partial charge in [-0.15, -0.1) is 0 Å². The highest BCUT2D eigenvalue weighted by Gasteiger charge is 2.14. The van der Waals surface area contributed by atoms with E-state index in [0.29, 0.717) is 5.82 Å². The molecule has 0 aliphatic carbocycles. The van der Waals surface area contributed by atoms with Gasteiger partial charge in [0.15, 0.2) is 0 Å². The Morgan fingerprint density at radius 1 is 1.38 bits per heavy atom. The van der Waals surface area contributed by atoms with Crippen LogP contribution in [0, 0.1) is 6.92 Å². The minimum absolute atomic E-state index is 0.277. The fourth-order valence-electron chi connectivity index (χ4n) is 1.63. The molecule has 0 amide bonds. The van der Waals surface area contributed by atoms with Crippen LogP contribution < -0.4 is 11.5 Å². The van der Waals surface area contributed by atoms with E-state index in [-0.39, 0.29) is 6.04 Å². The van der Waals surface area contributed by atoms with Gasteiger partial charge < -0.3 is 11.5 Å². The fourth-order valence-corrected chi connectivity index (χ4v) is 1.63. The standard InChI is InChI=1S/C11H15N5/c1-7-3-9(11(13)14-4-7)10(12)8-5-15-16(2)6-8/h3-6,10H,12H2,1-2H3,(H2,13,14). The van der Waals surface area contributed by atoms with Crippen molar-refractivity contribution in [2.24, 2.45) is 12.8 Å². The minimum Gasteiger partial charge on any atom is -0.383 e. The zero-order valence-corrected chi connectivity index (χ0v) is 9.38. The summed E-state index contributed by atoms with van der Waals surface area (Å²) >= 11 is 0. The van der Waals surface area contributed by atoms with Gasteiger partial charge in [0.05, 0.1) is 12.2 Å². The first-order chi connectivity index (χ1) is 7.58. The number of pyridine rings is 1. The number of nitrogen functional groups attached to an aromatic ring is 1. The summed E-state index contributed by atoms with van der Waals surface area (Å²) in [5.74, 6) is 0.474. The first-order valence-corrected chi connectivity index (χ1v) is 5.04. The van der Waals surface area contributed by atoms with E-state index in [1.165, 1.54) is 0 Å². The minimum atomic E-state index is -0.277. The van der Waals surface area contributed by atoms with Crippen molar-refractivity contribution in [1.82, 2.24) is 14.8 Å². The Morgan fingerprint density at radius 2 is 2.12 bits per heavy atom. The number of hydrogen-bond acceptors (Lipinski definition) is 4. The van der Waals surface area contributed by atoms with Crippen molar-refractivity contribution in [3.63, 3.8) is 0 Å². The van der Waals surface area contributed by atoms with Gasteiger partial charge >= 0.3 is 0 Å². The number of hydrogen-bond donors (Lipinski definition) is 2. The number of aryl methyl sites for hydroxylation is 2. The second-order valence-electron chi connectivity index (χ2n) is 3.91. The predicted octanol–water partition coefficient (Wildman–Crippen LogP) is 0.754. The molecule has 0 radical (unpaired) electrons. The fraction of sp³-hybridized carbons (Fsp3) is 0.273. The molecule has 1 atom stereocenters. The first kappa shape index (κ1) is 10.6. The van der Waals surface area contributed by atoms with Crippen LogP contribution in [-0.4, -0.2) is 14.8 Å². The predicted molar refractivity (Wildman–Crippen MR) is 62.6 cm³/mol. The van der Waals surface area contributed by atoms with Gasteiger partial charge in [0.25, 0.3) is 0 Å². The molecule has 0 aromatic carbocycles. The quantitative estimate of drug-likeness (QED) is 0.777. The highest BCUT2D eigenvalue weighted by molar-refractivity contribution is 5.46. The van der Waals surface area contributed by atoms with Crippen LogP contribution in [-0.2, 0) is 7.05 Å². The molecule has 16 heavy (non-hydrogen) atoms. The van der Waals surface area contributed by atoms with Crippen molar-refractivity contribution in [2.75, 3.05) is 5.73 Å². The highest BCUT2D eigenvalue weighted by Crippen LogP contribution is 2.23. The van der Waals surface area contributed by atoms with Crippen LogP contribution in [0.25, 0.3) is 0 Å². The maximum Gasteiger partial charge on any atom is 0.128 e. The molecular weight excluding hydrogens is 202 g/mol. The third-order valence-corrected chi connectivity index (χ3v) is 2.51. The molecule has 2 rings (SSSR count). The van der Waals surface area contributed by atoms with Crippen LogP contribution in [0.3, 0.4) is 0 Å². The van der Waals surface area contributed by atoms with E-state index in [2.05, 4.69) is 10.1 Å². The molecule has 1 unspecified atom stereocenters. The monoisotopic (exact) mass is 217 g/mol. The maximum atomic E-state index is 6.13. The normalized spacial score (nSPS) is 12.7. The summed E-state index contributed by atoms with van der Waals surface area (Å²) in [5.41, 5.74) is 14.8. The summed E-state index contributed by atoms with van der Waals surface area (Å²) in [6.45, 7) is 1.96. The molecule has 0 aliphatic heterocycles. The van der Waals surface area contributed by atoms with E-state index >= 15 is 0 Å². The molecule has 0 bridgehead atoms. The van der Waals surface area contributed by atoms with Crippen molar-refractivity contribution >= 4 is 5.82 Å². The number of rotatable bonds is 2. The molecule has 2 aromatic heterocycles. The van der Waals surface area contributed by atoms with E-state index < -0.39 is 0 Å². The van der Waals surface area contributed by atoms with Gasteiger partial charge in [-0.25, -0.2) is 4.98 Å². The summed E-state index contributed by atoms with van der Waals surface area (Å²) in [4.78, 5) is 4.10. The molecule has 0 fully saturated rings. The molecule has 0 saturated carbocycles. The topological polar surface area (TPSA) is 82.8 Å². The molecule has 2 aromatic rings. The van der Waals surface area contributed by atoms with Crippen molar-refractivity contribution in [2.45, 2.75) is 13.0 Å². The van der Waals surface area contributed by atoms with Gasteiger partial charge in [0, 0.05) is 30.6 Å². The Balaban J connectivity index is 2.40. The largest absolute Gasteiger partial charge is 0.383 e. The first-order valence-electron chi connectivity index (χ1n) is 5.04. The Hall–Kier alpha value is -1.88. The van der Waals surface area contributed by atoms with Crippen molar-refractivity contribution < 1.29 is 0 Å². The Morgan fingerprint density at radius 3 is 2.75 bits per heavy atom. The van der Waals surface area contributed by atoms with Gasteiger partial charge in [-0.2, -0.15) is 5.10 Å². The molecule has 84 valence electrons.